The number of aromatic nitrogens is 2. The van der Waals surface area contributed by atoms with Gasteiger partial charge in [-0.3, -0.25) is 4.79 Å². The first-order valence-electron chi connectivity index (χ1n) is 5.91. The molecule has 6 heteroatoms. The molecule has 0 saturated carbocycles. The highest BCUT2D eigenvalue weighted by molar-refractivity contribution is 7.07. The summed E-state index contributed by atoms with van der Waals surface area (Å²) < 4.78 is 8.78. The van der Waals surface area contributed by atoms with Gasteiger partial charge in [0.1, 0.15) is 10.6 Å². The van der Waals surface area contributed by atoms with Crippen molar-refractivity contribution < 1.29 is 9.53 Å². The first-order chi connectivity index (χ1) is 9.70. The number of carbonyl (C=O) groups excluding carboxylic acids is 1. The lowest BCUT2D eigenvalue weighted by molar-refractivity contribution is 0.0962. The van der Waals surface area contributed by atoms with Crippen LogP contribution < -0.4 is 10.1 Å². The fourth-order valence-electron chi connectivity index (χ4n) is 1.47. The van der Waals surface area contributed by atoms with Crippen molar-refractivity contribution in [3.05, 3.63) is 40.4 Å². The fraction of sp³-hybridized carbons (Fsp3) is 0.214. The molecule has 20 heavy (non-hydrogen) atoms. The summed E-state index contributed by atoms with van der Waals surface area (Å²) in [7, 11) is 1.62. The van der Waals surface area contributed by atoms with Gasteiger partial charge in [-0.15, -0.1) is 5.10 Å². The smallest absolute Gasteiger partial charge is 0.265 e. The van der Waals surface area contributed by atoms with Crippen LogP contribution in [0.5, 0.6) is 5.75 Å². The van der Waals surface area contributed by atoms with Gasteiger partial charge in [-0.25, -0.2) is 0 Å². The number of ether oxygens (including phenoxy) is 1. The molecule has 0 radical (unpaired) electrons. The van der Waals surface area contributed by atoms with Crippen LogP contribution in [-0.2, 0) is 0 Å². The van der Waals surface area contributed by atoms with E-state index in [1.807, 2.05) is 24.3 Å². The average Bonchev–Trinajstić information content (AvgIpc) is 2.90. The van der Waals surface area contributed by atoms with E-state index in [2.05, 4.69) is 26.7 Å². The number of methoxy groups -OCH3 is 1. The Morgan fingerprint density at radius 3 is 2.75 bits per heavy atom. The van der Waals surface area contributed by atoms with Gasteiger partial charge in [0.2, 0.25) is 0 Å². The predicted molar refractivity (Wildman–Crippen MR) is 76.9 cm³/mol. The highest BCUT2D eigenvalue weighted by Gasteiger charge is 2.11. The van der Waals surface area contributed by atoms with Gasteiger partial charge >= 0.3 is 0 Å². The summed E-state index contributed by atoms with van der Waals surface area (Å²) in [5, 5.41) is 6.50. The van der Waals surface area contributed by atoms with Crippen molar-refractivity contribution in [3.8, 4) is 17.6 Å². The second-order valence-corrected chi connectivity index (χ2v) is 4.65. The number of rotatable bonds is 3. The number of carbonyl (C=O) groups is 1. The third kappa shape index (κ3) is 3.56. The molecule has 5 nitrogen and oxygen atoms in total. The van der Waals surface area contributed by atoms with Crippen LogP contribution in [0.1, 0.15) is 20.9 Å². The first kappa shape index (κ1) is 14.0. The summed E-state index contributed by atoms with van der Waals surface area (Å²) in [5.74, 6) is 6.45. The van der Waals surface area contributed by atoms with Crippen LogP contribution in [0.25, 0.3) is 0 Å². The Labute approximate surface area is 121 Å². The van der Waals surface area contributed by atoms with Crippen molar-refractivity contribution in [2.45, 2.75) is 6.92 Å². The highest BCUT2D eigenvalue weighted by atomic mass is 32.1. The molecule has 2 aromatic rings. The normalized spacial score (nSPS) is 9.50. The summed E-state index contributed by atoms with van der Waals surface area (Å²) >= 11 is 1.08. The maximum Gasteiger partial charge on any atom is 0.265 e. The third-order valence-electron chi connectivity index (χ3n) is 2.52. The SMILES string of the molecule is COc1ccc(C#CCNC(=O)c2snnc2C)cc1. The van der Waals surface area contributed by atoms with E-state index in [-0.39, 0.29) is 12.5 Å². The Morgan fingerprint density at radius 2 is 2.15 bits per heavy atom. The molecule has 1 N–H and O–H groups in total. The van der Waals surface area contributed by atoms with Crippen LogP contribution in [0.3, 0.4) is 0 Å². The fourth-order valence-corrected chi connectivity index (χ4v) is 2.04. The lowest BCUT2D eigenvalue weighted by Gasteiger charge is -1.98. The molecule has 1 aromatic heterocycles. The molecule has 0 spiro atoms. The van der Waals surface area contributed by atoms with Crippen LogP contribution in [-0.4, -0.2) is 29.1 Å². The highest BCUT2D eigenvalue weighted by Crippen LogP contribution is 2.10. The van der Waals surface area contributed by atoms with Gasteiger partial charge < -0.3 is 10.1 Å². The van der Waals surface area contributed by atoms with Crippen LogP contribution >= 0.6 is 11.5 Å². The van der Waals surface area contributed by atoms with Crippen molar-refractivity contribution in [3.63, 3.8) is 0 Å². The molecule has 0 aliphatic carbocycles. The minimum atomic E-state index is -0.193. The molecule has 1 amide bonds. The number of nitrogens with one attached hydrogen (secondary N) is 1. The summed E-state index contributed by atoms with van der Waals surface area (Å²) in [6, 6.07) is 7.42. The molecular formula is C14H13N3O2S. The van der Waals surface area contributed by atoms with Crippen LogP contribution in [0.2, 0.25) is 0 Å². The van der Waals surface area contributed by atoms with Crippen molar-refractivity contribution >= 4 is 17.4 Å². The minimum Gasteiger partial charge on any atom is -0.497 e. The molecule has 1 heterocycles. The predicted octanol–water partition coefficient (Wildman–Crippen LogP) is 1.64. The molecule has 0 unspecified atom stereocenters. The number of hydrogen-bond donors (Lipinski definition) is 1. The maximum absolute atomic E-state index is 11.8. The molecule has 0 aliphatic heterocycles. The zero-order valence-electron chi connectivity index (χ0n) is 11.1. The molecule has 2 rings (SSSR count). The molecule has 1 aromatic carbocycles. The lowest BCUT2D eigenvalue weighted by Crippen LogP contribution is -2.23. The standard InChI is InChI=1S/C14H13N3O2S/c1-10-13(20-17-16-10)14(18)15-9-3-4-11-5-7-12(19-2)8-6-11/h5-8H,9H2,1-2H3,(H,15,18). The van der Waals surface area contributed by atoms with Gasteiger partial charge in [0, 0.05) is 5.56 Å². The maximum atomic E-state index is 11.8. The number of amides is 1. The van der Waals surface area contributed by atoms with E-state index < -0.39 is 0 Å². The van der Waals surface area contributed by atoms with Crippen molar-refractivity contribution in [2.24, 2.45) is 0 Å². The van der Waals surface area contributed by atoms with Crippen LogP contribution in [0.4, 0.5) is 0 Å². The quantitative estimate of drug-likeness (QED) is 0.872. The average molecular weight is 287 g/mol. The molecule has 0 saturated heterocycles. The Balaban J connectivity index is 1.88. The zero-order chi connectivity index (χ0) is 14.4. The van der Waals surface area contributed by atoms with Gasteiger partial charge in [-0.1, -0.05) is 16.3 Å². The molecule has 0 bridgehead atoms. The summed E-state index contributed by atoms with van der Waals surface area (Å²) in [5.41, 5.74) is 1.51. The Morgan fingerprint density at radius 1 is 1.40 bits per heavy atom. The van der Waals surface area contributed by atoms with Crippen molar-refractivity contribution in [2.75, 3.05) is 13.7 Å². The molecule has 0 fully saturated rings. The summed E-state index contributed by atoms with van der Waals surface area (Å²) in [4.78, 5) is 12.3. The topological polar surface area (TPSA) is 64.1 Å². The van der Waals surface area contributed by atoms with Gasteiger partial charge in [0.15, 0.2) is 0 Å². The van der Waals surface area contributed by atoms with E-state index in [4.69, 9.17) is 4.74 Å². The Kier molecular flexibility index (Phi) is 4.69. The summed E-state index contributed by atoms with van der Waals surface area (Å²) in [6.07, 6.45) is 0. The number of nitrogens with zero attached hydrogens (tertiary/aromatic N) is 2. The molecule has 0 atom stereocenters. The van der Waals surface area contributed by atoms with E-state index in [0.717, 1.165) is 22.8 Å². The molecule has 102 valence electrons. The second-order valence-electron chi connectivity index (χ2n) is 3.90. The van der Waals surface area contributed by atoms with Crippen molar-refractivity contribution in [1.29, 1.82) is 0 Å². The molecule has 0 aliphatic rings. The zero-order valence-corrected chi connectivity index (χ0v) is 12.0. The third-order valence-corrected chi connectivity index (χ3v) is 3.34. The number of aryl methyl sites for hydroxylation is 1. The Hall–Kier alpha value is -2.39. The number of benzene rings is 1. The second kappa shape index (κ2) is 6.68. The number of hydrogen-bond acceptors (Lipinski definition) is 5. The minimum absolute atomic E-state index is 0.193. The van der Waals surface area contributed by atoms with E-state index in [1.165, 1.54) is 0 Å². The Bertz CT molecular complexity index is 653. The van der Waals surface area contributed by atoms with E-state index in [0.29, 0.717) is 10.6 Å². The van der Waals surface area contributed by atoms with Crippen LogP contribution in [0, 0.1) is 18.8 Å². The van der Waals surface area contributed by atoms with Gasteiger partial charge in [-0.2, -0.15) is 0 Å². The van der Waals surface area contributed by atoms with Crippen LogP contribution in [0.15, 0.2) is 24.3 Å². The first-order valence-corrected chi connectivity index (χ1v) is 6.68. The van der Waals surface area contributed by atoms with Gasteiger partial charge in [0.25, 0.3) is 5.91 Å². The van der Waals surface area contributed by atoms with Gasteiger partial charge in [-0.05, 0) is 42.7 Å². The van der Waals surface area contributed by atoms with E-state index in [9.17, 15) is 4.79 Å². The largest absolute Gasteiger partial charge is 0.497 e. The summed E-state index contributed by atoms with van der Waals surface area (Å²) in [6.45, 7) is 2.03. The van der Waals surface area contributed by atoms with Gasteiger partial charge in [0.05, 0.1) is 19.3 Å². The van der Waals surface area contributed by atoms with Crippen molar-refractivity contribution in [1.82, 2.24) is 14.9 Å². The van der Waals surface area contributed by atoms with E-state index >= 15 is 0 Å². The van der Waals surface area contributed by atoms with E-state index in [1.54, 1.807) is 14.0 Å². The lowest BCUT2D eigenvalue weighted by atomic mass is 10.2. The monoisotopic (exact) mass is 287 g/mol. The molecular weight excluding hydrogens is 274 g/mol.